The molecule has 2 rings (SSSR count). The van der Waals surface area contributed by atoms with E-state index < -0.39 is 5.67 Å². The summed E-state index contributed by atoms with van der Waals surface area (Å²) in [6.07, 6.45) is 0.889. The number of thiazole rings is 1. The molecule has 15 heavy (non-hydrogen) atoms. The highest BCUT2D eigenvalue weighted by Crippen LogP contribution is 2.37. The van der Waals surface area contributed by atoms with Gasteiger partial charge in [0.1, 0.15) is 5.01 Å². The monoisotopic (exact) mass is 231 g/mol. The summed E-state index contributed by atoms with van der Waals surface area (Å²) in [6.45, 7) is 6.91. The first kappa shape index (κ1) is 12.6. The van der Waals surface area contributed by atoms with Gasteiger partial charge in [-0.2, -0.15) is 0 Å². The number of halogens is 1. The van der Waals surface area contributed by atoms with Gasteiger partial charge in [-0.3, -0.25) is 0 Å². The summed E-state index contributed by atoms with van der Waals surface area (Å²) in [5.74, 6) is 0. The van der Waals surface area contributed by atoms with Crippen molar-refractivity contribution >= 4 is 11.3 Å². The summed E-state index contributed by atoms with van der Waals surface area (Å²) < 4.78 is 19.3. The lowest BCUT2D eigenvalue weighted by Crippen LogP contribution is -2.29. The molecule has 2 heterocycles. The molecule has 0 aromatic carbocycles. The molecule has 0 bridgehead atoms. The second kappa shape index (κ2) is 5.56. The predicted octanol–water partition coefficient (Wildman–Crippen LogP) is 3.45. The molecule has 0 atom stereocenters. The summed E-state index contributed by atoms with van der Waals surface area (Å²) in [7, 11) is 0. The normalized spacial score (nSPS) is 19.2. The van der Waals surface area contributed by atoms with Gasteiger partial charge < -0.3 is 4.74 Å². The van der Waals surface area contributed by atoms with Crippen LogP contribution in [0.2, 0.25) is 0 Å². The third kappa shape index (κ3) is 2.98. The van der Waals surface area contributed by atoms with E-state index in [-0.39, 0.29) is 0 Å². The Balaban J connectivity index is 0.000000531. The van der Waals surface area contributed by atoms with Crippen LogP contribution in [0, 0.1) is 6.92 Å². The lowest BCUT2D eigenvalue weighted by molar-refractivity contribution is -0.0116. The van der Waals surface area contributed by atoms with Gasteiger partial charge in [0.15, 0.2) is 5.67 Å². The number of hydrogen-bond donors (Lipinski definition) is 0. The third-order valence-electron chi connectivity index (χ3n) is 2.29. The van der Waals surface area contributed by atoms with E-state index in [1.165, 1.54) is 11.3 Å². The van der Waals surface area contributed by atoms with Crippen LogP contribution in [-0.4, -0.2) is 18.2 Å². The van der Waals surface area contributed by atoms with E-state index in [0.717, 1.165) is 5.69 Å². The Morgan fingerprint density at radius 1 is 1.40 bits per heavy atom. The molecule has 0 saturated carbocycles. The van der Waals surface area contributed by atoms with Crippen molar-refractivity contribution in [3.8, 4) is 0 Å². The molecule has 4 heteroatoms. The highest BCUT2D eigenvalue weighted by Gasteiger charge is 2.36. The predicted molar refractivity (Wildman–Crippen MR) is 61.0 cm³/mol. The average molecular weight is 231 g/mol. The molecule has 0 amide bonds. The minimum Gasteiger partial charge on any atom is -0.381 e. The van der Waals surface area contributed by atoms with Crippen LogP contribution >= 0.6 is 11.3 Å². The van der Waals surface area contributed by atoms with E-state index in [4.69, 9.17) is 4.74 Å². The van der Waals surface area contributed by atoms with Gasteiger partial charge >= 0.3 is 0 Å². The zero-order valence-electron chi connectivity index (χ0n) is 9.55. The molecule has 1 fully saturated rings. The van der Waals surface area contributed by atoms with Gasteiger partial charge in [0.05, 0.1) is 13.2 Å². The standard InChI is InChI=1S/C9H12FNOS.C2H6/c1-7-6-13-8(11-7)9(10)2-4-12-5-3-9;1-2/h6H,2-5H2,1H3;1-2H3. The first-order valence-electron chi connectivity index (χ1n) is 5.40. The quantitative estimate of drug-likeness (QED) is 0.738. The molecule has 2 nitrogen and oxygen atoms in total. The number of ether oxygens (including phenoxy) is 1. The Morgan fingerprint density at radius 3 is 2.47 bits per heavy atom. The molecule has 1 aromatic rings. The third-order valence-corrected chi connectivity index (χ3v) is 3.43. The first-order chi connectivity index (χ1) is 7.21. The van der Waals surface area contributed by atoms with E-state index in [9.17, 15) is 4.39 Å². The number of hydrogen-bond acceptors (Lipinski definition) is 3. The zero-order valence-corrected chi connectivity index (χ0v) is 10.4. The molecule has 0 radical (unpaired) electrons. The van der Waals surface area contributed by atoms with Gasteiger partial charge in [-0.05, 0) is 6.92 Å². The smallest absolute Gasteiger partial charge is 0.166 e. The SMILES string of the molecule is CC.Cc1csc(C2(F)CCOCC2)n1. The Labute approximate surface area is 94.5 Å². The van der Waals surface area contributed by atoms with Crippen molar-refractivity contribution < 1.29 is 9.13 Å². The van der Waals surface area contributed by atoms with Crippen molar-refractivity contribution in [2.45, 2.75) is 39.3 Å². The molecular weight excluding hydrogens is 213 g/mol. The number of rotatable bonds is 1. The minimum absolute atomic E-state index is 0.444. The summed E-state index contributed by atoms with van der Waals surface area (Å²) in [5, 5.41) is 2.51. The fraction of sp³-hybridized carbons (Fsp3) is 0.727. The van der Waals surface area contributed by atoms with Crippen molar-refractivity contribution in [1.29, 1.82) is 0 Å². The lowest BCUT2D eigenvalue weighted by atomic mass is 9.97. The average Bonchev–Trinajstić information content (AvgIpc) is 2.70. The molecule has 0 N–H and O–H groups in total. The fourth-order valence-corrected chi connectivity index (χ4v) is 2.42. The second-order valence-corrected chi connectivity index (χ2v) is 4.23. The van der Waals surface area contributed by atoms with Gasteiger partial charge in [0.2, 0.25) is 0 Å². The number of aromatic nitrogens is 1. The van der Waals surface area contributed by atoms with Gasteiger partial charge in [0.25, 0.3) is 0 Å². The van der Waals surface area contributed by atoms with E-state index >= 15 is 0 Å². The van der Waals surface area contributed by atoms with Gasteiger partial charge in [-0.1, -0.05) is 13.8 Å². The van der Waals surface area contributed by atoms with Gasteiger partial charge in [-0.15, -0.1) is 11.3 Å². The Morgan fingerprint density at radius 2 is 2.00 bits per heavy atom. The number of alkyl halides is 1. The Hall–Kier alpha value is -0.480. The van der Waals surface area contributed by atoms with Crippen LogP contribution in [0.15, 0.2) is 5.38 Å². The largest absolute Gasteiger partial charge is 0.381 e. The molecule has 0 spiro atoms. The first-order valence-corrected chi connectivity index (χ1v) is 6.28. The highest BCUT2D eigenvalue weighted by atomic mass is 32.1. The lowest BCUT2D eigenvalue weighted by Gasteiger charge is -2.27. The maximum Gasteiger partial charge on any atom is 0.166 e. The Bertz CT molecular complexity index is 295. The highest BCUT2D eigenvalue weighted by molar-refractivity contribution is 7.09. The molecule has 1 aliphatic heterocycles. The van der Waals surface area contributed by atoms with Crippen LogP contribution in [0.25, 0.3) is 0 Å². The van der Waals surface area contributed by atoms with E-state index in [0.29, 0.717) is 31.1 Å². The van der Waals surface area contributed by atoms with Crippen LogP contribution < -0.4 is 0 Å². The van der Waals surface area contributed by atoms with Crippen molar-refractivity contribution in [2.24, 2.45) is 0 Å². The molecule has 86 valence electrons. The maximum absolute atomic E-state index is 14.2. The van der Waals surface area contributed by atoms with Crippen molar-refractivity contribution in [2.75, 3.05) is 13.2 Å². The summed E-state index contributed by atoms with van der Waals surface area (Å²) in [5.41, 5.74) is -0.319. The van der Waals surface area contributed by atoms with Crippen LogP contribution in [0.1, 0.15) is 37.4 Å². The van der Waals surface area contributed by atoms with Gasteiger partial charge in [0, 0.05) is 23.9 Å². The number of aryl methyl sites for hydroxylation is 1. The second-order valence-electron chi connectivity index (χ2n) is 3.37. The Kier molecular flexibility index (Phi) is 4.67. The summed E-state index contributed by atoms with van der Waals surface area (Å²) >= 11 is 1.41. The van der Waals surface area contributed by atoms with Gasteiger partial charge in [-0.25, -0.2) is 9.37 Å². The minimum atomic E-state index is -1.23. The molecular formula is C11H18FNOS. The van der Waals surface area contributed by atoms with E-state index in [2.05, 4.69) is 4.98 Å². The van der Waals surface area contributed by atoms with Crippen molar-refractivity contribution in [1.82, 2.24) is 4.98 Å². The topological polar surface area (TPSA) is 22.1 Å². The summed E-state index contributed by atoms with van der Waals surface area (Å²) in [4.78, 5) is 4.19. The molecule has 0 unspecified atom stereocenters. The van der Waals surface area contributed by atoms with E-state index in [1.54, 1.807) is 0 Å². The van der Waals surface area contributed by atoms with Crippen molar-refractivity contribution in [3.63, 3.8) is 0 Å². The van der Waals surface area contributed by atoms with Crippen LogP contribution in [0.3, 0.4) is 0 Å². The van der Waals surface area contributed by atoms with Crippen LogP contribution in [-0.2, 0) is 10.4 Å². The summed E-state index contributed by atoms with van der Waals surface area (Å²) in [6, 6.07) is 0. The molecule has 1 aromatic heterocycles. The molecule has 1 saturated heterocycles. The number of nitrogens with zero attached hydrogens (tertiary/aromatic N) is 1. The zero-order chi connectivity index (χ0) is 11.3. The molecule has 0 aliphatic carbocycles. The van der Waals surface area contributed by atoms with Crippen LogP contribution in [0.4, 0.5) is 4.39 Å². The van der Waals surface area contributed by atoms with E-state index in [1.807, 2.05) is 26.2 Å². The fourth-order valence-electron chi connectivity index (χ4n) is 1.47. The maximum atomic E-state index is 14.2. The van der Waals surface area contributed by atoms with Crippen LogP contribution in [0.5, 0.6) is 0 Å². The molecule has 1 aliphatic rings. The van der Waals surface area contributed by atoms with Crippen molar-refractivity contribution in [3.05, 3.63) is 16.1 Å².